The number of ketones is 1. The van der Waals surface area contributed by atoms with Crippen molar-refractivity contribution in [2.24, 2.45) is 0 Å². The van der Waals surface area contributed by atoms with E-state index in [1.807, 2.05) is 33.7 Å². The second-order valence-corrected chi connectivity index (χ2v) is 8.07. The Morgan fingerprint density at radius 2 is 2.00 bits per heavy atom. The van der Waals surface area contributed by atoms with Gasteiger partial charge in [0.05, 0.1) is 22.8 Å². The fourth-order valence-corrected chi connectivity index (χ4v) is 4.77. The number of aromatic nitrogens is 2. The molecule has 1 N–H and O–H groups in total. The average molecular weight is 399 g/mol. The highest BCUT2D eigenvalue weighted by Gasteiger charge is 2.44. The molecule has 3 aromatic rings. The van der Waals surface area contributed by atoms with Crippen LogP contribution in [0, 0.1) is 0 Å². The van der Waals surface area contributed by atoms with E-state index in [2.05, 4.69) is 4.98 Å². The van der Waals surface area contributed by atoms with Crippen molar-refractivity contribution >= 4 is 34.4 Å². The minimum Gasteiger partial charge on any atom is -0.503 e. The molecular formula is C19H17N3O3S2. The molecule has 138 valence electrons. The summed E-state index contributed by atoms with van der Waals surface area (Å²) in [5.74, 6) is -1.21. The maximum Gasteiger partial charge on any atom is 0.290 e. The van der Waals surface area contributed by atoms with Gasteiger partial charge in [-0.15, -0.1) is 22.7 Å². The molecule has 0 spiro atoms. The quantitative estimate of drug-likeness (QED) is 0.615. The first-order valence-corrected chi connectivity index (χ1v) is 10.2. The van der Waals surface area contributed by atoms with Gasteiger partial charge in [0.2, 0.25) is 5.78 Å². The van der Waals surface area contributed by atoms with E-state index in [0.717, 1.165) is 4.88 Å². The highest BCUT2D eigenvalue weighted by molar-refractivity contribution is 7.12. The lowest BCUT2D eigenvalue weighted by Gasteiger charge is -2.25. The SMILES string of the molecule is O=C(C1=C(O)C(=O)N(CCCn2ccnc2)[C@H]1c1cccs1)c1cccs1. The Morgan fingerprint density at radius 1 is 1.19 bits per heavy atom. The summed E-state index contributed by atoms with van der Waals surface area (Å²) in [6.45, 7) is 1.14. The topological polar surface area (TPSA) is 75.4 Å². The van der Waals surface area contributed by atoms with E-state index in [0.29, 0.717) is 24.4 Å². The van der Waals surface area contributed by atoms with E-state index < -0.39 is 17.7 Å². The van der Waals surface area contributed by atoms with Crippen LogP contribution in [-0.4, -0.2) is 37.8 Å². The molecule has 0 radical (unpaired) electrons. The standard InChI is InChI=1S/C19H17N3O3S2/c23-17(14-5-2-11-27-14)15-16(13-4-1-10-26-13)22(19(25)18(15)24)8-3-7-21-9-6-20-12-21/h1-2,4-6,9-12,16,24H,3,7-8H2/t16-/m0/s1. The van der Waals surface area contributed by atoms with E-state index >= 15 is 0 Å². The minimum absolute atomic E-state index is 0.174. The van der Waals surface area contributed by atoms with Crippen LogP contribution in [0.25, 0.3) is 0 Å². The highest BCUT2D eigenvalue weighted by atomic mass is 32.1. The molecule has 27 heavy (non-hydrogen) atoms. The summed E-state index contributed by atoms with van der Waals surface area (Å²) in [7, 11) is 0. The molecule has 0 bridgehead atoms. The van der Waals surface area contributed by atoms with E-state index in [1.54, 1.807) is 29.6 Å². The van der Waals surface area contributed by atoms with Crippen molar-refractivity contribution in [2.75, 3.05) is 6.54 Å². The van der Waals surface area contributed by atoms with Gasteiger partial charge in [0.15, 0.2) is 5.76 Å². The number of aliphatic hydroxyl groups excluding tert-OH is 1. The molecule has 6 nitrogen and oxygen atoms in total. The van der Waals surface area contributed by atoms with Crippen molar-refractivity contribution in [3.8, 4) is 0 Å². The molecule has 1 aliphatic rings. The van der Waals surface area contributed by atoms with Gasteiger partial charge in [-0.05, 0) is 29.3 Å². The number of carbonyl (C=O) groups is 2. The molecule has 0 unspecified atom stereocenters. The van der Waals surface area contributed by atoms with Gasteiger partial charge < -0.3 is 14.6 Å². The second-order valence-electron chi connectivity index (χ2n) is 6.14. The number of hydrogen-bond donors (Lipinski definition) is 1. The second kappa shape index (κ2) is 7.50. The molecule has 0 saturated carbocycles. The molecule has 8 heteroatoms. The van der Waals surface area contributed by atoms with Crippen LogP contribution in [0.15, 0.2) is 65.1 Å². The molecule has 1 atom stereocenters. The van der Waals surface area contributed by atoms with Crippen molar-refractivity contribution < 1.29 is 14.7 Å². The van der Waals surface area contributed by atoms with Crippen molar-refractivity contribution in [3.05, 3.63) is 74.8 Å². The van der Waals surface area contributed by atoms with Crippen LogP contribution >= 0.6 is 22.7 Å². The van der Waals surface area contributed by atoms with Gasteiger partial charge in [-0.1, -0.05) is 12.1 Å². The summed E-state index contributed by atoms with van der Waals surface area (Å²) < 4.78 is 1.94. The third kappa shape index (κ3) is 3.33. The van der Waals surface area contributed by atoms with Crippen LogP contribution in [0.1, 0.15) is 27.0 Å². The predicted octanol–water partition coefficient (Wildman–Crippen LogP) is 3.67. The van der Waals surface area contributed by atoms with Crippen LogP contribution < -0.4 is 0 Å². The molecule has 0 fully saturated rings. The molecule has 4 heterocycles. The Morgan fingerprint density at radius 3 is 2.67 bits per heavy atom. The first-order valence-electron chi connectivity index (χ1n) is 8.48. The van der Waals surface area contributed by atoms with Gasteiger partial charge in [-0.3, -0.25) is 9.59 Å². The van der Waals surface area contributed by atoms with Gasteiger partial charge in [0.25, 0.3) is 5.91 Å². The Balaban J connectivity index is 1.62. The van der Waals surface area contributed by atoms with E-state index in [-0.39, 0.29) is 11.4 Å². The monoisotopic (exact) mass is 399 g/mol. The van der Waals surface area contributed by atoms with Crippen LogP contribution in [0.4, 0.5) is 0 Å². The number of thiophene rings is 2. The van der Waals surface area contributed by atoms with E-state index in [4.69, 9.17) is 0 Å². The zero-order valence-corrected chi connectivity index (χ0v) is 15.9. The lowest BCUT2D eigenvalue weighted by molar-refractivity contribution is -0.129. The lowest BCUT2D eigenvalue weighted by atomic mass is 10.0. The number of rotatable bonds is 7. The zero-order valence-electron chi connectivity index (χ0n) is 14.3. The van der Waals surface area contributed by atoms with Crippen molar-refractivity contribution in [2.45, 2.75) is 19.0 Å². The number of amides is 1. The van der Waals surface area contributed by atoms with Crippen LogP contribution in [0.2, 0.25) is 0 Å². The normalized spacial score (nSPS) is 17.1. The number of carbonyl (C=O) groups excluding carboxylic acids is 2. The van der Waals surface area contributed by atoms with Crippen LogP contribution in [-0.2, 0) is 11.3 Å². The number of aryl methyl sites for hydroxylation is 1. The van der Waals surface area contributed by atoms with Crippen LogP contribution in [0.3, 0.4) is 0 Å². The molecule has 0 aromatic carbocycles. The van der Waals surface area contributed by atoms with Crippen molar-refractivity contribution in [1.82, 2.24) is 14.5 Å². The van der Waals surface area contributed by atoms with Gasteiger partial charge >= 0.3 is 0 Å². The largest absolute Gasteiger partial charge is 0.503 e. The average Bonchev–Trinajstić information content (AvgIpc) is 3.45. The minimum atomic E-state index is -0.546. The molecular weight excluding hydrogens is 382 g/mol. The summed E-state index contributed by atoms with van der Waals surface area (Å²) in [6, 6.07) is 6.73. The third-order valence-electron chi connectivity index (χ3n) is 4.48. The zero-order chi connectivity index (χ0) is 18.8. The first kappa shape index (κ1) is 17.7. The maximum atomic E-state index is 13.0. The van der Waals surface area contributed by atoms with Crippen molar-refractivity contribution in [3.63, 3.8) is 0 Å². The first-order chi connectivity index (χ1) is 13.2. The molecule has 0 saturated heterocycles. The molecule has 1 aliphatic heterocycles. The summed E-state index contributed by atoms with van der Waals surface area (Å²) in [4.78, 5) is 32.7. The number of hydrogen-bond acceptors (Lipinski definition) is 6. The van der Waals surface area contributed by atoms with Crippen LogP contribution in [0.5, 0.6) is 0 Å². The van der Waals surface area contributed by atoms with E-state index in [9.17, 15) is 14.7 Å². The highest BCUT2D eigenvalue weighted by Crippen LogP contribution is 2.41. The smallest absolute Gasteiger partial charge is 0.290 e. The van der Waals surface area contributed by atoms with Gasteiger partial charge in [-0.25, -0.2) is 4.98 Å². The summed E-state index contributed by atoms with van der Waals surface area (Å²) in [5.41, 5.74) is 0.174. The number of imidazole rings is 1. The summed E-state index contributed by atoms with van der Waals surface area (Å²) in [6.07, 6.45) is 5.99. The summed E-state index contributed by atoms with van der Waals surface area (Å²) >= 11 is 2.78. The Bertz CT molecular complexity index is 960. The summed E-state index contributed by atoms with van der Waals surface area (Å²) in [5, 5.41) is 14.2. The Hall–Kier alpha value is -2.71. The fraction of sp³-hybridized carbons (Fsp3) is 0.211. The van der Waals surface area contributed by atoms with E-state index in [1.165, 1.54) is 22.7 Å². The maximum absolute atomic E-state index is 13.0. The molecule has 4 rings (SSSR count). The third-order valence-corrected chi connectivity index (χ3v) is 6.27. The number of aliphatic hydroxyl groups is 1. The molecule has 3 aromatic heterocycles. The molecule has 0 aliphatic carbocycles. The van der Waals surface area contributed by atoms with Gasteiger partial charge in [0, 0.05) is 30.4 Å². The Kier molecular flexibility index (Phi) is 4.91. The predicted molar refractivity (Wildman–Crippen MR) is 104 cm³/mol. The number of Topliss-reactive ketones (excluding diaryl/α,β-unsaturated/α-hetero) is 1. The van der Waals surface area contributed by atoms with Gasteiger partial charge in [0.1, 0.15) is 0 Å². The van der Waals surface area contributed by atoms with Gasteiger partial charge in [-0.2, -0.15) is 0 Å². The Labute approximate surface area is 164 Å². The fourth-order valence-electron chi connectivity index (χ4n) is 3.24. The van der Waals surface area contributed by atoms with Crippen molar-refractivity contribution in [1.29, 1.82) is 0 Å². The molecule has 1 amide bonds. The lowest BCUT2D eigenvalue weighted by Crippen LogP contribution is -2.32. The number of nitrogens with zero attached hydrogens (tertiary/aromatic N) is 3.